The van der Waals surface area contributed by atoms with Crippen molar-refractivity contribution in [2.24, 2.45) is 5.73 Å². The second kappa shape index (κ2) is 4.66. The van der Waals surface area contributed by atoms with Gasteiger partial charge in [-0.15, -0.1) is 0 Å². The number of aliphatic hydroxyl groups excluding tert-OH is 1. The van der Waals surface area contributed by atoms with Gasteiger partial charge in [0.25, 0.3) is 0 Å². The first-order valence-electron chi connectivity index (χ1n) is 3.64. The smallest absolute Gasteiger partial charge is 0.102 e. The first-order valence-corrected chi connectivity index (χ1v) is 3.64. The van der Waals surface area contributed by atoms with E-state index in [1.165, 1.54) is 0 Å². The molecule has 0 rings (SSSR count). The molecular formula is C7H18N2O. The molecule has 0 amide bonds. The molecule has 0 heterocycles. The minimum Gasteiger partial charge on any atom is -0.379 e. The maximum Gasteiger partial charge on any atom is 0.102 e. The summed E-state index contributed by atoms with van der Waals surface area (Å²) in [7, 11) is 4.04. The van der Waals surface area contributed by atoms with Crippen molar-refractivity contribution < 1.29 is 5.11 Å². The van der Waals surface area contributed by atoms with Gasteiger partial charge in [-0.3, -0.25) is 0 Å². The van der Waals surface area contributed by atoms with Crippen molar-refractivity contribution in [1.29, 1.82) is 0 Å². The molecule has 0 aliphatic rings. The largest absolute Gasteiger partial charge is 0.379 e. The molecule has 0 aromatic carbocycles. The highest BCUT2D eigenvalue weighted by Crippen LogP contribution is 2.02. The maximum absolute atomic E-state index is 8.74. The normalized spacial score (nSPS) is 17.4. The molecule has 0 aliphatic heterocycles. The quantitative estimate of drug-likeness (QED) is 0.549. The van der Waals surface area contributed by atoms with Crippen LogP contribution in [0, 0.1) is 0 Å². The minimum absolute atomic E-state index is 0.498. The topological polar surface area (TPSA) is 49.5 Å². The van der Waals surface area contributed by atoms with Crippen molar-refractivity contribution in [3.63, 3.8) is 0 Å². The van der Waals surface area contributed by atoms with E-state index in [1.54, 1.807) is 0 Å². The lowest BCUT2D eigenvalue weighted by molar-refractivity contribution is 0.155. The van der Waals surface area contributed by atoms with E-state index >= 15 is 0 Å². The van der Waals surface area contributed by atoms with Crippen LogP contribution in [0.15, 0.2) is 0 Å². The molecule has 0 radical (unpaired) electrons. The first-order chi connectivity index (χ1) is 4.54. The van der Waals surface area contributed by atoms with E-state index in [-0.39, 0.29) is 0 Å². The lowest BCUT2D eigenvalue weighted by Gasteiger charge is -2.19. The van der Waals surface area contributed by atoms with E-state index in [4.69, 9.17) is 10.8 Å². The van der Waals surface area contributed by atoms with Crippen molar-refractivity contribution in [1.82, 2.24) is 4.90 Å². The lowest BCUT2D eigenvalue weighted by Crippen LogP contribution is -2.28. The summed E-state index contributed by atoms with van der Waals surface area (Å²) >= 11 is 0. The van der Waals surface area contributed by atoms with Gasteiger partial charge in [0, 0.05) is 6.04 Å². The van der Waals surface area contributed by atoms with Crippen molar-refractivity contribution in [2.45, 2.75) is 32.0 Å². The van der Waals surface area contributed by atoms with Gasteiger partial charge in [0.15, 0.2) is 0 Å². The molecule has 0 aliphatic carbocycles. The van der Waals surface area contributed by atoms with E-state index in [0.29, 0.717) is 12.5 Å². The molecule has 10 heavy (non-hydrogen) atoms. The molecule has 2 unspecified atom stereocenters. The average Bonchev–Trinajstić information content (AvgIpc) is 1.82. The highest BCUT2D eigenvalue weighted by molar-refractivity contribution is 4.60. The van der Waals surface area contributed by atoms with Crippen LogP contribution in [0.3, 0.4) is 0 Å². The molecule has 0 aromatic heterocycles. The SMILES string of the molecule is CC(CCC(N)O)N(C)C. The van der Waals surface area contributed by atoms with Crippen LogP contribution in [-0.4, -0.2) is 36.4 Å². The molecule has 0 bridgehead atoms. The Morgan fingerprint density at radius 1 is 1.40 bits per heavy atom. The number of aliphatic hydroxyl groups is 1. The molecule has 0 fully saturated rings. The lowest BCUT2D eigenvalue weighted by atomic mass is 10.1. The van der Waals surface area contributed by atoms with Crippen molar-refractivity contribution >= 4 is 0 Å². The third-order valence-electron chi connectivity index (χ3n) is 1.76. The molecule has 0 saturated heterocycles. The van der Waals surface area contributed by atoms with E-state index < -0.39 is 6.23 Å². The molecular weight excluding hydrogens is 128 g/mol. The van der Waals surface area contributed by atoms with E-state index in [9.17, 15) is 0 Å². The van der Waals surface area contributed by atoms with Gasteiger partial charge in [-0.05, 0) is 33.9 Å². The van der Waals surface area contributed by atoms with Crippen LogP contribution in [0.5, 0.6) is 0 Å². The summed E-state index contributed by atoms with van der Waals surface area (Å²) < 4.78 is 0. The van der Waals surface area contributed by atoms with Gasteiger partial charge < -0.3 is 15.7 Å². The summed E-state index contributed by atoms with van der Waals surface area (Å²) in [4.78, 5) is 2.11. The van der Waals surface area contributed by atoms with Crippen LogP contribution in [0.1, 0.15) is 19.8 Å². The number of hydrogen-bond donors (Lipinski definition) is 2. The van der Waals surface area contributed by atoms with Crippen LogP contribution in [0.25, 0.3) is 0 Å². The maximum atomic E-state index is 8.74. The molecule has 2 atom stereocenters. The predicted octanol–water partition coefficient (Wildman–Crippen LogP) is -0.00620. The van der Waals surface area contributed by atoms with Gasteiger partial charge in [0.2, 0.25) is 0 Å². The summed E-state index contributed by atoms with van der Waals surface area (Å²) in [5.41, 5.74) is 5.18. The predicted molar refractivity (Wildman–Crippen MR) is 42.6 cm³/mol. The molecule has 3 N–H and O–H groups in total. The highest BCUT2D eigenvalue weighted by Gasteiger charge is 2.05. The molecule has 0 spiro atoms. The zero-order valence-electron chi connectivity index (χ0n) is 7.04. The fourth-order valence-corrected chi connectivity index (χ4v) is 0.670. The fourth-order valence-electron chi connectivity index (χ4n) is 0.670. The van der Waals surface area contributed by atoms with E-state index in [2.05, 4.69) is 11.8 Å². The van der Waals surface area contributed by atoms with Crippen molar-refractivity contribution in [3.8, 4) is 0 Å². The van der Waals surface area contributed by atoms with Crippen LogP contribution >= 0.6 is 0 Å². The van der Waals surface area contributed by atoms with E-state index in [0.717, 1.165) is 6.42 Å². The van der Waals surface area contributed by atoms with Gasteiger partial charge in [0.05, 0.1) is 0 Å². The third kappa shape index (κ3) is 4.73. The molecule has 3 nitrogen and oxygen atoms in total. The Bertz CT molecular complexity index is 83.7. The zero-order chi connectivity index (χ0) is 8.15. The summed E-state index contributed by atoms with van der Waals surface area (Å²) in [6.07, 6.45) is 0.978. The number of nitrogens with zero attached hydrogens (tertiary/aromatic N) is 1. The standard InChI is InChI=1S/C7H18N2O/c1-6(9(2)3)4-5-7(8)10/h6-7,10H,4-5,8H2,1-3H3. The van der Waals surface area contributed by atoms with Crippen LogP contribution in [-0.2, 0) is 0 Å². The second-order valence-electron chi connectivity index (χ2n) is 2.96. The monoisotopic (exact) mass is 146 g/mol. The Morgan fingerprint density at radius 3 is 2.20 bits per heavy atom. The zero-order valence-corrected chi connectivity index (χ0v) is 7.04. The second-order valence-corrected chi connectivity index (χ2v) is 2.96. The summed E-state index contributed by atoms with van der Waals surface area (Å²) in [6.45, 7) is 2.11. The molecule has 3 heteroatoms. The summed E-state index contributed by atoms with van der Waals surface area (Å²) in [5.74, 6) is 0. The van der Waals surface area contributed by atoms with Crippen LogP contribution in [0.4, 0.5) is 0 Å². The van der Waals surface area contributed by atoms with Crippen molar-refractivity contribution in [3.05, 3.63) is 0 Å². The molecule has 0 aromatic rings. The van der Waals surface area contributed by atoms with Gasteiger partial charge >= 0.3 is 0 Å². The number of nitrogens with two attached hydrogens (primary N) is 1. The van der Waals surface area contributed by atoms with Gasteiger partial charge in [0.1, 0.15) is 6.23 Å². The average molecular weight is 146 g/mol. The molecule has 0 saturated carbocycles. The van der Waals surface area contributed by atoms with Gasteiger partial charge in [-0.2, -0.15) is 0 Å². The van der Waals surface area contributed by atoms with Crippen molar-refractivity contribution in [2.75, 3.05) is 14.1 Å². The highest BCUT2D eigenvalue weighted by atomic mass is 16.3. The van der Waals surface area contributed by atoms with Gasteiger partial charge in [-0.25, -0.2) is 0 Å². The first kappa shape index (κ1) is 9.88. The Labute approximate surface area is 62.8 Å². The van der Waals surface area contributed by atoms with E-state index in [1.807, 2.05) is 14.1 Å². The summed E-state index contributed by atoms with van der Waals surface area (Å²) in [5, 5.41) is 8.74. The summed E-state index contributed by atoms with van der Waals surface area (Å²) in [6, 6.07) is 0.498. The number of hydrogen-bond acceptors (Lipinski definition) is 3. The van der Waals surface area contributed by atoms with Crippen LogP contribution in [0.2, 0.25) is 0 Å². The Morgan fingerprint density at radius 2 is 1.90 bits per heavy atom. The molecule has 62 valence electrons. The minimum atomic E-state index is -0.651. The number of rotatable bonds is 4. The Kier molecular flexibility index (Phi) is 4.60. The van der Waals surface area contributed by atoms with Gasteiger partial charge in [-0.1, -0.05) is 0 Å². The Balaban J connectivity index is 3.30. The Hall–Kier alpha value is -0.120. The van der Waals surface area contributed by atoms with Crippen LogP contribution < -0.4 is 5.73 Å². The fraction of sp³-hybridized carbons (Fsp3) is 1.00. The third-order valence-corrected chi connectivity index (χ3v) is 1.76.